The fraction of sp³-hybridized carbons (Fsp3) is 0.657. The Morgan fingerprint density at radius 1 is 1.29 bits per heavy atom. The molecule has 5 rings (SSSR count). The molecule has 7 heteroatoms. The molecule has 0 spiro atoms. The molecule has 1 aromatic rings. The van der Waals surface area contributed by atoms with E-state index in [0.717, 1.165) is 61.9 Å². The molecule has 1 heterocycles. The first-order valence-corrected chi connectivity index (χ1v) is 16.1. The zero-order valence-corrected chi connectivity index (χ0v) is 25.7. The van der Waals surface area contributed by atoms with Gasteiger partial charge in [0.25, 0.3) is 0 Å². The van der Waals surface area contributed by atoms with Crippen molar-refractivity contribution < 1.29 is 24.2 Å². The molecule has 0 saturated heterocycles. The summed E-state index contributed by atoms with van der Waals surface area (Å²) in [5, 5.41) is 23.0. The fourth-order valence-corrected chi connectivity index (χ4v) is 7.83. The first kappa shape index (κ1) is 30.8. The number of fused-ring (bicyclic) bond motifs is 1. The summed E-state index contributed by atoms with van der Waals surface area (Å²) in [6.45, 7) is 8.71. The van der Waals surface area contributed by atoms with Gasteiger partial charge in [0.05, 0.1) is 23.8 Å². The van der Waals surface area contributed by atoms with Crippen LogP contribution in [0.4, 0.5) is 4.79 Å². The molecule has 1 amide bonds. The highest BCUT2D eigenvalue weighted by atomic mass is 16.6. The van der Waals surface area contributed by atoms with E-state index < -0.39 is 24.4 Å². The number of aromatic nitrogens is 1. The minimum atomic E-state index is -0.657. The van der Waals surface area contributed by atoms with Gasteiger partial charge in [0, 0.05) is 19.9 Å². The number of carbonyl (C=O) groups is 1. The van der Waals surface area contributed by atoms with Crippen molar-refractivity contribution in [2.24, 2.45) is 17.3 Å². The van der Waals surface area contributed by atoms with Crippen LogP contribution < -0.4 is 5.32 Å². The van der Waals surface area contributed by atoms with Crippen LogP contribution in [0.1, 0.15) is 103 Å². The van der Waals surface area contributed by atoms with Crippen molar-refractivity contribution in [2.75, 3.05) is 7.05 Å². The lowest BCUT2D eigenvalue weighted by Crippen LogP contribution is -2.34. The standard InChI is InChI=1S/C35H50N2O5/c1-5-6-11-28-22-37-32(41-28)35(18-19-35)31(42-33(40)36-4)12-7-10-26-15-16-29-24(9-8-17-34(26,29)3)13-14-25-20-27(38)21-30(39)23(25)2/h7,12-14,22,26-27,29-31,38-39H,2,5-6,8-11,15-21H2,1,3-4H3,(H,36,40)/b12-7+,24-13+,25-14-/t26?,27-,29?,30+,31?,34?/m1/s1. The molecule has 4 aliphatic rings. The second kappa shape index (κ2) is 12.9. The Balaban J connectivity index is 1.28. The maximum absolute atomic E-state index is 12.3. The molecule has 1 aromatic heterocycles. The van der Waals surface area contributed by atoms with E-state index in [0.29, 0.717) is 30.6 Å². The Bertz CT molecular complexity index is 1220. The minimum Gasteiger partial charge on any atom is -0.445 e. The van der Waals surface area contributed by atoms with Gasteiger partial charge in [-0.05, 0) is 98.7 Å². The number of nitrogens with one attached hydrogen (secondary N) is 1. The summed E-state index contributed by atoms with van der Waals surface area (Å²) in [4.78, 5) is 17.0. The topological polar surface area (TPSA) is 105 Å². The number of ether oxygens (including phenoxy) is 1. The second-order valence-corrected chi connectivity index (χ2v) is 13.4. The summed E-state index contributed by atoms with van der Waals surface area (Å²) in [6.07, 6.45) is 21.1. The summed E-state index contributed by atoms with van der Waals surface area (Å²) in [6, 6.07) is 0. The van der Waals surface area contributed by atoms with Crippen LogP contribution in [0.25, 0.3) is 0 Å². The second-order valence-electron chi connectivity index (χ2n) is 13.4. The van der Waals surface area contributed by atoms with Crippen molar-refractivity contribution in [3.63, 3.8) is 0 Å². The lowest BCUT2D eigenvalue weighted by Gasteiger charge is -2.42. The predicted octanol–water partition coefficient (Wildman–Crippen LogP) is 6.86. The summed E-state index contributed by atoms with van der Waals surface area (Å²) < 4.78 is 12.1. The lowest BCUT2D eigenvalue weighted by molar-refractivity contribution is 0.0862. The van der Waals surface area contributed by atoms with Crippen LogP contribution in [-0.2, 0) is 16.6 Å². The predicted molar refractivity (Wildman–Crippen MR) is 164 cm³/mol. The number of carbonyl (C=O) groups excluding carboxylic acids is 1. The maximum Gasteiger partial charge on any atom is 0.407 e. The number of hydrogen-bond acceptors (Lipinski definition) is 6. The smallest absolute Gasteiger partial charge is 0.407 e. The van der Waals surface area contributed by atoms with Crippen molar-refractivity contribution >= 4 is 6.09 Å². The summed E-state index contributed by atoms with van der Waals surface area (Å²) in [5.74, 6) is 2.69. The van der Waals surface area contributed by atoms with Crippen LogP contribution >= 0.6 is 0 Å². The van der Waals surface area contributed by atoms with Gasteiger partial charge in [-0.1, -0.05) is 50.6 Å². The zero-order valence-electron chi connectivity index (χ0n) is 25.7. The average Bonchev–Trinajstić information content (AvgIpc) is 3.51. The van der Waals surface area contributed by atoms with Gasteiger partial charge in [-0.2, -0.15) is 0 Å². The van der Waals surface area contributed by atoms with Gasteiger partial charge >= 0.3 is 6.09 Å². The van der Waals surface area contributed by atoms with Gasteiger partial charge in [0.1, 0.15) is 11.9 Å². The Labute approximate surface area is 251 Å². The summed E-state index contributed by atoms with van der Waals surface area (Å²) >= 11 is 0. The Morgan fingerprint density at radius 2 is 2.10 bits per heavy atom. The molecule has 0 aromatic carbocycles. The van der Waals surface area contributed by atoms with Crippen LogP contribution in [-0.4, -0.2) is 46.6 Å². The highest BCUT2D eigenvalue weighted by Gasteiger charge is 2.56. The molecule has 4 fully saturated rings. The number of alkyl carbamates (subject to hydrolysis) is 1. The average molecular weight is 579 g/mol. The van der Waals surface area contributed by atoms with Gasteiger partial charge in [-0.3, -0.25) is 0 Å². The van der Waals surface area contributed by atoms with Gasteiger partial charge < -0.3 is 24.7 Å². The van der Waals surface area contributed by atoms with E-state index in [-0.39, 0.29) is 10.8 Å². The molecule has 0 bridgehead atoms. The van der Waals surface area contributed by atoms with Crippen LogP contribution in [0.2, 0.25) is 0 Å². The number of aryl methyl sites for hydroxylation is 1. The zero-order chi connectivity index (χ0) is 29.9. The van der Waals surface area contributed by atoms with E-state index >= 15 is 0 Å². The molecule has 4 saturated carbocycles. The molecular weight excluding hydrogens is 528 g/mol. The fourth-order valence-electron chi connectivity index (χ4n) is 7.83. The van der Waals surface area contributed by atoms with E-state index in [1.54, 1.807) is 7.05 Å². The molecular formula is C35H50N2O5. The van der Waals surface area contributed by atoms with E-state index in [2.05, 4.69) is 55.0 Å². The van der Waals surface area contributed by atoms with Gasteiger partial charge in [-0.25, -0.2) is 9.78 Å². The van der Waals surface area contributed by atoms with Crippen LogP contribution in [0.5, 0.6) is 0 Å². The van der Waals surface area contributed by atoms with Crippen LogP contribution in [0, 0.1) is 17.3 Å². The first-order valence-electron chi connectivity index (χ1n) is 16.1. The van der Waals surface area contributed by atoms with Gasteiger partial charge in [0.15, 0.2) is 0 Å². The number of allylic oxidation sites excluding steroid dienone is 4. The molecule has 7 nitrogen and oxygen atoms in total. The quantitative estimate of drug-likeness (QED) is 0.262. The number of unbranched alkanes of at least 4 members (excludes halogenated alkanes) is 1. The Morgan fingerprint density at radius 3 is 2.83 bits per heavy atom. The molecule has 0 radical (unpaired) electrons. The van der Waals surface area contributed by atoms with Gasteiger partial charge in [0.2, 0.25) is 5.89 Å². The van der Waals surface area contributed by atoms with Crippen LogP contribution in [0.15, 0.2) is 58.2 Å². The van der Waals surface area contributed by atoms with Crippen molar-refractivity contribution in [1.82, 2.24) is 10.3 Å². The summed E-state index contributed by atoms with van der Waals surface area (Å²) in [5.41, 5.74) is 3.05. The third kappa shape index (κ3) is 6.33. The number of nitrogens with zero attached hydrogens (tertiary/aromatic N) is 1. The normalized spacial score (nSPS) is 33.2. The van der Waals surface area contributed by atoms with E-state index in [1.165, 1.54) is 31.3 Å². The maximum atomic E-state index is 12.3. The molecule has 42 heavy (non-hydrogen) atoms. The molecule has 4 aliphatic carbocycles. The molecule has 230 valence electrons. The number of oxazole rings is 1. The van der Waals surface area contributed by atoms with Crippen LogP contribution in [0.3, 0.4) is 0 Å². The number of aliphatic hydroxyl groups is 2. The Kier molecular flexibility index (Phi) is 9.48. The van der Waals surface area contributed by atoms with E-state index in [9.17, 15) is 15.0 Å². The SMILES string of the molecule is C=C1/C(=C\C=C2/CCCC3(C)C(C/C=C/C(OC(=O)NC)C4(c5ncc(CCCC)o5)CC4)CCC23)C[C@@H](O)C[C@@H]1O. The van der Waals surface area contributed by atoms with E-state index in [4.69, 9.17) is 9.15 Å². The Hall–Kier alpha value is -2.64. The first-order chi connectivity index (χ1) is 20.2. The van der Waals surface area contributed by atoms with E-state index in [1.807, 2.05) is 6.20 Å². The molecule has 6 atom stereocenters. The summed E-state index contributed by atoms with van der Waals surface area (Å²) in [7, 11) is 1.59. The minimum absolute atomic E-state index is 0.223. The highest BCUT2D eigenvalue weighted by molar-refractivity contribution is 5.67. The van der Waals surface area contributed by atoms with Gasteiger partial charge in [-0.15, -0.1) is 0 Å². The molecule has 3 N–H and O–H groups in total. The number of amides is 1. The third-order valence-electron chi connectivity index (χ3n) is 10.7. The lowest BCUT2D eigenvalue weighted by atomic mass is 9.63. The molecule has 0 aliphatic heterocycles. The largest absolute Gasteiger partial charge is 0.445 e. The highest BCUT2D eigenvalue weighted by Crippen LogP contribution is 2.59. The monoisotopic (exact) mass is 578 g/mol. The van der Waals surface area contributed by atoms with Crippen molar-refractivity contribution in [3.05, 3.63) is 65.5 Å². The number of aliphatic hydroxyl groups excluding tert-OH is 2. The van der Waals surface area contributed by atoms with Crippen molar-refractivity contribution in [2.45, 2.75) is 121 Å². The number of hydrogen-bond donors (Lipinski definition) is 3. The number of rotatable bonds is 10. The van der Waals surface area contributed by atoms with Crippen molar-refractivity contribution in [1.29, 1.82) is 0 Å². The third-order valence-corrected chi connectivity index (χ3v) is 10.7. The molecule has 4 unspecified atom stereocenters. The van der Waals surface area contributed by atoms with Crippen molar-refractivity contribution in [3.8, 4) is 0 Å².